The number of nitrogens with one attached hydrogen (secondary N) is 1. The maximum atomic E-state index is 13.6. The summed E-state index contributed by atoms with van der Waals surface area (Å²) in [6.07, 6.45) is 1.01. The van der Waals surface area contributed by atoms with Crippen LogP contribution in [0, 0.1) is 18.7 Å². The summed E-state index contributed by atoms with van der Waals surface area (Å²) in [5.74, 6) is -0.636. The highest BCUT2D eigenvalue weighted by atomic mass is 19.1. The van der Waals surface area contributed by atoms with Crippen LogP contribution in [-0.2, 0) is 9.59 Å². The van der Waals surface area contributed by atoms with E-state index in [1.54, 1.807) is 13.0 Å². The number of hydrogen-bond donors (Lipinski definition) is 1. The number of rotatable bonds is 3. The third-order valence-electron chi connectivity index (χ3n) is 3.96. The molecule has 4 nitrogen and oxygen atoms in total. The molecule has 1 aromatic rings. The molecule has 2 rings (SSSR count). The van der Waals surface area contributed by atoms with E-state index in [1.165, 1.54) is 17.0 Å². The Balaban J connectivity index is 2.37. The summed E-state index contributed by atoms with van der Waals surface area (Å²) in [5, 5.41) is 2.78. The molecule has 1 aliphatic rings. The van der Waals surface area contributed by atoms with E-state index < -0.39 is 6.04 Å². The van der Waals surface area contributed by atoms with Gasteiger partial charge in [-0.1, -0.05) is 20.3 Å². The number of carbonyl (C=O) groups is 2. The SMILES string of the molecule is CCC(C)C1NC(=O)CCN(c2cc(C)cc(F)c2)C1=O. The normalized spacial score (nSPS) is 21.0. The highest BCUT2D eigenvalue weighted by Gasteiger charge is 2.33. The lowest BCUT2D eigenvalue weighted by atomic mass is 9.98. The van der Waals surface area contributed by atoms with Crippen molar-refractivity contribution in [1.82, 2.24) is 5.32 Å². The van der Waals surface area contributed by atoms with Gasteiger partial charge in [-0.25, -0.2) is 4.39 Å². The fourth-order valence-electron chi connectivity index (χ4n) is 2.55. The zero-order valence-electron chi connectivity index (χ0n) is 12.6. The molecular weight excluding hydrogens is 271 g/mol. The minimum Gasteiger partial charge on any atom is -0.344 e. The molecule has 1 N–H and O–H groups in total. The second-order valence-electron chi connectivity index (χ2n) is 5.66. The number of benzene rings is 1. The molecule has 1 saturated heterocycles. The van der Waals surface area contributed by atoms with Gasteiger partial charge in [-0.05, 0) is 36.6 Å². The smallest absolute Gasteiger partial charge is 0.249 e. The van der Waals surface area contributed by atoms with Crippen LogP contribution in [0.4, 0.5) is 10.1 Å². The van der Waals surface area contributed by atoms with Crippen molar-refractivity contribution in [3.63, 3.8) is 0 Å². The lowest BCUT2D eigenvalue weighted by Crippen LogP contribution is -2.48. The third kappa shape index (κ3) is 3.40. The molecule has 0 aromatic heterocycles. The predicted molar refractivity (Wildman–Crippen MR) is 79.5 cm³/mol. The van der Waals surface area contributed by atoms with Crippen LogP contribution in [0.2, 0.25) is 0 Å². The number of aryl methyl sites for hydroxylation is 1. The van der Waals surface area contributed by atoms with Crippen LogP contribution in [0.25, 0.3) is 0 Å². The molecule has 5 heteroatoms. The summed E-state index contributed by atoms with van der Waals surface area (Å²) in [6, 6.07) is 3.98. The largest absolute Gasteiger partial charge is 0.344 e. The highest BCUT2D eigenvalue weighted by molar-refractivity contribution is 6.01. The Hall–Kier alpha value is -1.91. The fourth-order valence-corrected chi connectivity index (χ4v) is 2.55. The summed E-state index contributed by atoms with van der Waals surface area (Å²) in [5.41, 5.74) is 1.27. The van der Waals surface area contributed by atoms with Gasteiger partial charge in [-0.2, -0.15) is 0 Å². The summed E-state index contributed by atoms with van der Waals surface area (Å²) in [6.45, 7) is 5.97. The van der Waals surface area contributed by atoms with Crippen molar-refractivity contribution in [2.24, 2.45) is 5.92 Å². The van der Waals surface area contributed by atoms with Crippen LogP contribution in [0.3, 0.4) is 0 Å². The Kier molecular flexibility index (Phi) is 4.60. The molecule has 2 unspecified atom stereocenters. The fraction of sp³-hybridized carbons (Fsp3) is 0.500. The minimum absolute atomic E-state index is 0.0386. The molecule has 2 atom stereocenters. The average Bonchev–Trinajstić information content (AvgIpc) is 2.56. The van der Waals surface area contributed by atoms with Crippen molar-refractivity contribution < 1.29 is 14.0 Å². The van der Waals surface area contributed by atoms with Crippen molar-refractivity contribution >= 4 is 17.5 Å². The van der Waals surface area contributed by atoms with E-state index in [1.807, 2.05) is 13.8 Å². The standard InChI is InChI=1S/C16H21FN2O2/c1-4-11(3)15-16(21)19(6-5-14(20)18-15)13-8-10(2)7-12(17)9-13/h7-9,11,15H,4-6H2,1-3H3,(H,18,20). The summed E-state index contributed by atoms with van der Waals surface area (Å²) < 4.78 is 13.6. The Morgan fingerprint density at radius 2 is 2.10 bits per heavy atom. The first-order valence-electron chi connectivity index (χ1n) is 7.30. The van der Waals surface area contributed by atoms with Crippen molar-refractivity contribution in [3.05, 3.63) is 29.6 Å². The minimum atomic E-state index is -0.548. The van der Waals surface area contributed by atoms with E-state index in [9.17, 15) is 14.0 Å². The molecule has 1 aliphatic heterocycles. The molecule has 0 radical (unpaired) electrons. The lowest BCUT2D eigenvalue weighted by Gasteiger charge is -2.27. The van der Waals surface area contributed by atoms with Gasteiger partial charge in [0, 0.05) is 18.7 Å². The summed E-state index contributed by atoms with van der Waals surface area (Å²) in [7, 11) is 0. The number of anilines is 1. The van der Waals surface area contributed by atoms with Crippen molar-refractivity contribution in [3.8, 4) is 0 Å². The topological polar surface area (TPSA) is 49.4 Å². The van der Waals surface area contributed by atoms with Crippen LogP contribution in [0.1, 0.15) is 32.3 Å². The molecular formula is C16H21FN2O2. The predicted octanol–water partition coefficient (Wildman–Crippen LogP) is 2.40. The zero-order chi connectivity index (χ0) is 15.6. The Bertz CT molecular complexity index is 539. The lowest BCUT2D eigenvalue weighted by molar-refractivity contribution is -0.126. The molecule has 0 bridgehead atoms. The first-order valence-corrected chi connectivity index (χ1v) is 7.30. The van der Waals surface area contributed by atoms with Crippen LogP contribution < -0.4 is 10.2 Å². The van der Waals surface area contributed by atoms with E-state index in [0.29, 0.717) is 5.69 Å². The van der Waals surface area contributed by atoms with Gasteiger partial charge >= 0.3 is 0 Å². The van der Waals surface area contributed by atoms with Gasteiger partial charge in [0.1, 0.15) is 11.9 Å². The Labute approximate surface area is 124 Å². The Morgan fingerprint density at radius 1 is 1.38 bits per heavy atom. The van der Waals surface area contributed by atoms with Gasteiger partial charge in [-0.15, -0.1) is 0 Å². The number of nitrogens with zero attached hydrogens (tertiary/aromatic N) is 1. The number of hydrogen-bond acceptors (Lipinski definition) is 2. The third-order valence-corrected chi connectivity index (χ3v) is 3.96. The van der Waals surface area contributed by atoms with Gasteiger partial charge in [0.15, 0.2) is 0 Å². The van der Waals surface area contributed by atoms with Gasteiger partial charge in [-0.3, -0.25) is 9.59 Å². The molecule has 1 heterocycles. The molecule has 0 saturated carbocycles. The molecule has 2 amide bonds. The van der Waals surface area contributed by atoms with Crippen molar-refractivity contribution in [2.45, 2.75) is 39.7 Å². The summed E-state index contributed by atoms with van der Waals surface area (Å²) in [4.78, 5) is 26.0. The van der Waals surface area contributed by atoms with Crippen molar-refractivity contribution in [2.75, 3.05) is 11.4 Å². The molecule has 1 aromatic carbocycles. The molecule has 114 valence electrons. The summed E-state index contributed by atoms with van der Waals surface area (Å²) >= 11 is 0. The van der Waals surface area contributed by atoms with Gasteiger partial charge in [0.05, 0.1) is 0 Å². The molecule has 1 fully saturated rings. The van der Waals surface area contributed by atoms with Gasteiger partial charge in [0.25, 0.3) is 0 Å². The number of halogens is 1. The Morgan fingerprint density at radius 3 is 2.71 bits per heavy atom. The quantitative estimate of drug-likeness (QED) is 0.930. The van der Waals surface area contributed by atoms with Crippen LogP contribution >= 0.6 is 0 Å². The number of amides is 2. The zero-order valence-corrected chi connectivity index (χ0v) is 12.6. The maximum absolute atomic E-state index is 13.6. The average molecular weight is 292 g/mol. The maximum Gasteiger partial charge on any atom is 0.249 e. The van der Waals surface area contributed by atoms with E-state index in [2.05, 4.69) is 5.32 Å². The highest BCUT2D eigenvalue weighted by Crippen LogP contribution is 2.23. The van der Waals surface area contributed by atoms with E-state index >= 15 is 0 Å². The molecule has 0 spiro atoms. The van der Waals surface area contributed by atoms with Crippen LogP contribution in [-0.4, -0.2) is 24.4 Å². The second kappa shape index (κ2) is 6.24. The van der Waals surface area contributed by atoms with E-state index in [4.69, 9.17) is 0 Å². The van der Waals surface area contributed by atoms with E-state index in [-0.39, 0.29) is 36.5 Å². The first-order chi connectivity index (χ1) is 9.92. The van der Waals surface area contributed by atoms with Crippen LogP contribution in [0.15, 0.2) is 18.2 Å². The molecule has 0 aliphatic carbocycles. The second-order valence-corrected chi connectivity index (χ2v) is 5.66. The monoisotopic (exact) mass is 292 g/mol. The van der Waals surface area contributed by atoms with E-state index in [0.717, 1.165) is 12.0 Å². The van der Waals surface area contributed by atoms with Crippen molar-refractivity contribution in [1.29, 1.82) is 0 Å². The number of carbonyl (C=O) groups excluding carboxylic acids is 2. The first kappa shape index (κ1) is 15.5. The van der Waals surface area contributed by atoms with Gasteiger partial charge < -0.3 is 10.2 Å². The van der Waals surface area contributed by atoms with Gasteiger partial charge in [0.2, 0.25) is 11.8 Å². The molecule has 21 heavy (non-hydrogen) atoms. The van der Waals surface area contributed by atoms with Crippen LogP contribution in [0.5, 0.6) is 0 Å².